The van der Waals surface area contributed by atoms with Crippen LogP contribution in [-0.2, 0) is 0 Å². The Morgan fingerprint density at radius 1 is 1.53 bits per heavy atom. The Balaban J connectivity index is 3.02. The first-order valence-electron chi connectivity index (χ1n) is 5.67. The summed E-state index contributed by atoms with van der Waals surface area (Å²) in [7, 11) is 0. The molecule has 1 aromatic rings. The number of nitrogens with two attached hydrogens (primary N) is 1. The van der Waals surface area contributed by atoms with E-state index in [0.717, 1.165) is 16.3 Å². The molecule has 0 bridgehead atoms. The maximum Gasteiger partial charge on any atom is 0.131 e. The fourth-order valence-corrected chi connectivity index (χ4v) is 3.60. The molecular weight excluding hydrogens is 250 g/mol. The topological polar surface area (TPSA) is 61.8 Å². The molecule has 5 heteroatoms. The number of nitrogen functional groups attached to an aromatic ring is 1. The van der Waals surface area contributed by atoms with Gasteiger partial charge in [-0.2, -0.15) is 5.26 Å². The van der Waals surface area contributed by atoms with Crippen molar-refractivity contribution in [2.45, 2.75) is 38.1 Å². The van der Waals surface area contributed by atoms with Gasteiger partial charge in [0.25, 0.3) is 0 Å². The van der Waals surface area contributed by atoms with Gasteiger partial charge in [0.2, 0.25) is 0 Å². The van der Waals surface area contributed by atoms with Crippen molar-refractivity contribution in [1.82, 2.24) is 0 Å². The van der Waals surface area contributed by atoms with Crippen LogP contribution in [0.4, 0.5) is 10.7 Å². The van der Waals surface area contributed by atoms with Crippen LogP contribution in [0.15, 0.2) is 4.90 Å². The largest absolute Gasteiger partial charge is 0.396 e. The molecule has 1 heterocycles. The van der Waals surface area contributed by atoms with Crippen molar-refractivity contribution >= 4 is 33.8 Å². The second kappa shape index (κ2) is 6.18. The predicted molar refractivity (Wildman–Crippen MR) is 77.8 cm³/mol. The van der Waals surface area contributed by atoms with Crippen LogP contribution >= 0.6 is 23.1 Å². The fourth-order valence-electron chi connectivity index (χ4n) is 1.72. The minimum atomic E-state index is 0.422. The number of anilines is 2. The van der Waals surface area contributed by atoms with Crippen molar-refractivity contribution in [2.75, 3.05) is 17.3 Å². The minimum absolute atomic E-state index is 0.422. The minimum Gasteiger partial charge on any atom is -0.396 e. The first-order valence-corrected chi connectivity index (χ1v) is 7.72. The van der Waals surface area contributed by atoms with Gasteiger partial charge in [-0.25, -0.2) is 0 Å². The zero-order chi connectivity index (χ0) is 13.0. The van der Waals surface area contributed by atoms with Crippen LogP contribution in [0.5, 0.6) is 0 Å². The van der Waals surface area contributed by atoms with Crippen molar-refractivity contribution in [3.05, 3.63) is 4.88 Å². The lowest BCUT2D eigenvalue weighted by atomic mass is 10.0. The van der Waals surface area contributed by atoms with Crippen molar-refractivity contribution < 1.29 is 0 Å². The van der Waals surface area contributed by atoms with Crippen molar-refractivity contribution in [2.24, 2.45) is 5.92 Å². The van der Waals surface area contributed by atoms with Gasteiger partial charge in [-0.05, 0) is 18.6 Å². The summed E-state index contributed by atoms with van der Waals surface area (Å²) in [6.45, 7) is 6.56. The Bertz CT molecular complexity index is 418. The summed E-state index contributed by atoms with van der Waals surface area (Å²) in [5.74, 6) is 0.559. The van der Waals surface area contributed by atoms with Crippen LogP contribution in [-0.4, -0.2) is 12.3 Å². The average molecular weight is 269 g/mol. The van der Waals surface area contributed by atoms with Gasteiger partial charge in [0.05, 0.1) is 10.6 Å². The smallest absolute Gasteiger partial charge is 0.131 e. The second-order valence-corrected chi connectivity index (χ2v) is 6.06. The Hall–Kier alpha value is -0.860. The molecule has 3 nitrogen and oxygen atoms in total. The summed E-state index contributed by atoms with van der Waals surface area (Å²) in [5, 5.41) is 13.5. The molecule has 3 N–H and O–H groups in total. The number of hydrogen-bond acceptors (Lipinski definition) is 5. The SMILES string of the molecule is CCC(Nc1sc(C#N)c(N)c1SC)C(C)C. The highest BCUT2D eigenvalue weighted by molar-refractivity contribution is 7.99. The van der Waals surface area contributed by atoms with Gasteiger partial charge < -0.3 is 11.1 Å². The van der Waals surface area contributed by atoms with E-state index in [1.165, 1.54) is 11.3 Å². The third kappa shape index (κ3) is 3.08. The molecule has 1 atom stereocenters. The molecule has 0 radical (unpaired) electrons. The summed E-state index contributed by atoms with van der Waals surface area (Å²) in [6.07, 6.45) is 3.05. The molecule has 0 saturated carbocycles. The molecule has 0 aliphatic heterocycles. The number of thiophene rings is 1. The molecule has 1 rings (SSSR count). The van der Waals surface area contributed by atoms with E-state index in [9.17, 15) is 0 Å². The Morgan fingerprint density at radius 3 is 2.59 bits per heavy atom. The van der Waals surface area contributed by atoms with E-state index in [-0.39, 0.29) is 0 Å². The first kappa shape index (κ1) is 14.2. The van der Waals surface area contributed by atoms with E-state index in [1.807, 2.05) is 6.26 Å². The van der Waals surface area contributed by atoms with Crippen LogP contribution < -0.4 is 11.1 Å². The molecule has 0 amide bonds. The van der Waals surface area contributed by atoms with Gasteiger partial charge in [0.15, 0.2) is 0 Å². The van der Waals surface area contributed by atoms with Crippen LogP contribution in [0.25, 0.3) is 0 Å². The summed E-state index contributed by atoms with van der Waals surface area (Å²) in [5.41, 5.74) is 6.56. The standard InChI is InChI=1S/C12H19N3S2/c1-5-8(7(2)3)15-12-11(16-4)10(14)9(6-13)17-12/h7-8,15H,5,14H2,1-4H3. The first-order chi connectivity index (χ1) is 8.04. The number of rotatable bonds is 5. The predicted octanol–water partition coefficient (Wildman–Crippen LogP) is 3.77. The van der Waals surface area contributed by atoms with Gasteiger partial charge >= 0.3 is 0 Å². The van der Waals surface area contributed by atoms with E-state index < -0.39 is 0 Å². The zero-order valence-electron chi connectivity index (χ0n) is 10.7. The summed E-state index contributed by atoms with van der Waals surface area (Å²) in [6, 6.07) is 2.57. The molecule has 1 unspecified atom stereocenters. The lowest BCUT2D eigenvalue weighted by molar-refractivity contribution is 0.511. The lowest BCUT2D eigenvalue weighted by Crippen LogP contribution is -2.24. The van der Waals surface area contributed by atoms with Gasteiger partial charge in [-0.1, -0.05) is 20.8 Å². The number of nitriles is 1. The van der Waals surface area contributed by atoms with Gasteiger partial charge in [-0.15, -0.1) is 23.1 Å². The molecule has 0 aromatic carbocycles. The van der Waals surface area contributed by atoms with E-state index in [2.05, 4.69) is 32.2 Å². The highest BCUT2D eigenvalue weighted by atomic mass is 32.2. The third-order valence-corrected chi connectivity index (χ3v) is 4.77. The molecule has 0 spiro atoms. The Morgan fingerprint density at radius 2 is 2.18 bits per heavy atom. The Labute approximate surface area is 111 Å². The monoisotopic (exact) mass is 269 g/mol. The molecule has 0 fully saturated rings. The zero-order valence-corrected chi connectivity index (χ0v) is 12.3. The van der Waals surface area contributed by atoms with E-state index >= 15 is 0 Å². The van der Waals surface area contributed by atoms with Gasteiger partial charge in [0.1, 0.15) is 15.9 Å². The van der Waals surface area contributed by atoms with Gasteiger partial charge in [0, 0.05) is 6.04 Å². The molecule has 0 saturated heterocycles. The van der Waals surface area contributed by atoms with E-state index in [1.54, 1.807) is 11.8 Å². The third-order valence-electron chi connectivity index (χ3n) is 2.77. The van der Waals surface area contributed by atoms with Crippen molar-refractivity contribution in [1.29, 1.82) is 5.26 Å². The average Bonchev–Trinajstić information content (AvgIpc) is 2.61. The quantitative estimate of drug-likeness (QED) is 0.799. The maximum absolute atomic E-state index is 9.00. The fraction of sp³-hybridized carbons (Fsp3) is 0.583. The summed E-state index contributed by atoms with van der Waals surface area (Å²) < 4.78 is 0. The molecule has 1 aromatic heterocycles. The maximum atomic E-state index is 9.00. The van der Waals surface area contributed by atoms with Crippen LogP contribution in [0.1, 0.15) is 32.1 Å². The highest BCUT2D eigenvalue weighted by Gasteiger charge is 2.18. The van der Waals surface area contributed by atoms with E-state index in [0.29, 0.717) is 22.5 Å². The summed E-state index contributed by atoms with van der Waals surface area (Å²) in [4.78, 5) is 1.61. The Kier molecular flexibility index (Phi) is 5.16. The highest BCUT2D eigenvalue weighted by Crippen LogP contribution is 2.41. The number of nitrogens with zero attached hydrogens (tertiary/aromatic N) is 1. The number of hydrogen-bond donors (Lipinski definition) is 2. The lowest BCUT2D eigenvalue weighted by Gasteiger charge is -2.21. The molecule has 17 heavy (non-hydrogen) atoms. The van der Waals surface area contributed by atoms with Crippen LogP contribution in [0.2, 0.25) is 0 Å². The van der Waals surface area contributed by atoms with Crippen LogP contribution in [0, 0.1) is 17.2 Å². The second-order valence-electron chi connectivity index (χ2n) is 4.22. The van der Waals surface area contributed by atoms with E-state index in [4.69, 9.17) is 11.0 Å². The molecule has 0 aliphatic rings. The number of nitrogens with one attached hydrogen (secondary N) is 1. The van der Waals surface area contributed by atoms with Gasteiger partial charge in [-0.3, -0.25) is 0 Å². The molecular formula is C12H19N3S2. The normalized spacial score (nSPS) is 12.5. The number of thioether (sulfide) groups is 1. The van der Waals surface area contributed by atoms with Crippen molar-refractivity contribution in [3.63, 3.8) is 0 Å². The van der Waals surface area contributed by atoms with Crippen LogP contribution in [0.3, 0.4) is 0 Å². The molecule has 0 aliphatic carbocycles. The van der Waals surface area contributed by atoms with Crippen molar-refractivity contribution in [3.8, 4) is 6.07 Å². The summed E-state index contributed by atoms with van der Waals surface area (Å²) >= 11 is 3.05. The molecule has 94 valence electrons.